The van der Waals surface area contributed by atoms with E-state index in [9.17, 15) is 0 Å². The van der Waals surface area contributed by atoms with Crippen LogP contribution in [0.15, 0.2) is 24.3 Å². The van der Waals surface area contributed by atoms with Gasteiger partial charge in [0.2, 0.25) is 0 Å². The van der Waals surface area contributed by atoms with Gasteiger partial charge in [-0.25, -0.2) is 0 Å². The number of benzene rings is 1. The average Bonchev–Trinajstić information content (AvgIpc) is 2.26. The predicted molar refractivity (Wildman–Crippen MR) is 63.1 cm³/mol. The fraction of sp³-hybridized carbons (Fsp3) is 0.500. The van der Waals surface area contributed by atoms with Crippen molar-refractivity contribution in [1.82, 2.24) is 4.90 Å². The third-order valence-electron chi connectivity index (χ3n) is 2.56. The van der Waals surface area contributed by atoms with Crippen molar-refractivity contribution in [2.24, 2.45) is 5.73 Å². The summed E-state index contributed by atoms with van der Waals surface area (Å²) in [6, 6.07) is 8.56. The second-order valence-electron chi connectivity index (χ2n) is 3.83. The molecule has 0 aliphatic rings. The molecule has 0 heterocycles. The van der Waals surface area contributed by atoms with Gasteiger partial charge in [0.05, 0.1) is 7.11 Å². The Kier molecular flexibility index (Phi) is 4.59. The Morgan fingerprint density at radius 2 is 1.87 bits per heavy atom. The SMILES string of the molecule is COc1ccc([C@H](CCN)N(C)C)cc1. The summed E-state index contributed by atoms with van der Waals surface area (Å²) in [6.45, 7) is 0.703. The molecule has 1 aromatic carbocycles. The fourth-order valence-corrected chi connectivity index (χ4v) is 1.71. The van der Waals surface area contributed by atoms with Gasteiger partial charge in [-0.05, 0) is 44.8 Å². The Morgan fingerprint density at radius 3 is 2.27 bits per heavy atom. The van der Waals surface area contributed by atoms with Crippen LogP contribution in [0.2, 0.25) is 0 Å². The van der Waals surface area contributed by atoms with Crippen LogP contribution in [0.25, 0.3) is 0 Å². The van der Waals surface area contributed by atoms with Gasteiger partial charge in [-0.3, -0.25) is 0 Å². The summed E-state index contributed by atoms with van der Waals surface area (Å²) in [5, 5.41) is 0. The van der Waals surface area contributed by atoms with Gasteiger partial charge < -0.3 is 15.4 Å². The Morgan fingerprint density at radius 1 is 1.27 bits per heavy atom. The number of methoxy groups -OCH3 is 1. The van der Waals surface area contributed by atoms with Gasteiger partial charge in [0.25, 0.3) is 0 Å². The summed E-state index contributed by atoms with van der Waals surface area (Å²) in [5.41, 5.74) is 6.89. The molecule has 15 heavy (non-hydrogen) atoms. The second-order valence-corrected chi connectivity index (χ2v) is 3.83. The number of hydrogen-bond acceptors (Lipinski definition) is 3. The molecule has 0 fully saturated rings. The first kappa shape index (κ1) is 12.0. The molecule has 0 bridgehead atoms. The summed E-state index contributed by atoms with van der Waals surface area (Å²) in [4.78, 5) is 2.19. The first-order valence-corrected chi connectivity index (χ1v) is 5.19. The van der Waals surface area contributed by atoms with E-state index in [2.05, 4.69) is 31.1 Å². The van der Waals surface area contributed by atoms with Crippen molar-refractivity contribution >= 4 is 0 Å². The minimum absolute atomic E-state index is 0.390. The molecule has 0 amide bonds. The maximum Gasteiger partial charge on any atom is 0.118 e. The third kappa shape index (κ3) is 3.22. The summed E-state index contributed by atoms with van der Waals surface area (Å²) >= 11 is 0. The third-order valence-corrected chi connectivity index (χ3v) is 2.56. The van der Waals surface area contributed by atoms with Crippen molar-refractivity contribution in [3.05, 3.63) is 29.8 Å². The van der Waals surface area contributed by atoms with Gasteiger partial charge >= 0.3 is 0 Å². The minimum atomic E-state index is 0.390. The maximum absolute atomic E-state index is 5.61. The lowest BCUT2D eigenvalue weighted by atomic mass is 10.0. The van der Waals surface area contributed by atoms with E-state index < -0.39 is 0 Å². The van der Waals surface area contributed by atoms with Crippen LogP contribution in [-0.2, 0) is 0 Å². The van der Waals surface area contributed by atoms with E-state index in [0.717, 1.165) is 12.2 Å². The van der Waals surface area contributed by atoms with Gasteiger partial charge in [-0.15, -0.1) is 0 Å². The lowest BCUT2D eigenvalue weighted by Gasteiger charge is -2.24. The highest BCUT2D eigenvalue weighted by atomic mass is 16.5. The van der Waals surface area contributed by atoms with Crippen LogP contribution >= 0.6 is 0 Å². The number of rotatable bonds is 5. The maximum atomic E-state index is 5.61. The minimum Gasteiger partial charge on any atom is -0.497 e. The van der Waals surface area contributed by atoms with Gasteiger partial charge in [-0.2, -0.15) is 0 Å². The Labute approximate surface area is 91.8 Å². The highest BCUT2D eigenvalue weighted by Crippen LogP contribution is 2.23. The van der Waals surface area contributed by atoms with Crippen molar-refractivity contribution in [2.45, 2.75) is 12.5 Å². The molecule has 1 atom stereocenters. The largest absolute Gasteiger partial charge is 0.497 e. The first-order valence-electron chi connectivity index (χ1n) is 5.19. The van der Waals surface area contributed by atoms with Crippen LogP contribution < -0.4 is 10.5 Å². The first-order chi connectivity index (χ1) is 7.19. The molecule has 0 spiro atoms. The smallest absolute Gasteiger partial charge is 0.118 e. The number of nitrogens with zero attached hydrogens (tertiary/aromatic N) is 1. The topological polar surface area (TPSA) is 38.5 Å². The molecule has 1 aromatic rings. The summed E-state index contributed by atoms with van der Waals surface area (Å²) < 4.78 is 5.13. The average molecular weight is 208 g/mol. The number of hydrogen-bond donors (Lipinski definition) is 1. The molecule has 0 saturated carbocycles. The van der Waals surface area contributed by atoms with Crippen molar-refractivity contribution in [3.63, 3.8) is 0 Å². The van der Waals surface area contributed by atoms with E-state index in [1.54, 1.807) is 7.11 Å². The summed E-state index contributed by atoms with van der Waals surface area (Å²) in [7, 11) is 5.83. The molecule has 3 nitrogen and oxygen atoms in total. The molecular formula is C12H20N2O. The molecule has 0 radical (unpaired) electrons. The zero-order valence-corrected chi connectivity index (χ0v) is 9.73. The summed E-state index contributed by atoms with van der Waals surface area (Å²) in [6.07, 6.45) is 0.972. The van der Waals surface area contributed by atoms with Crippen LogP contribution in [0.3, 0.4) is 0 Å². The molecule has 3 heteroatoms. The van der Waals surface area contributed by atoms with Gasteiger partial charge in [-0.1, -0.05) is 12.1 Å². The monoisotopic (exact) mass is 208 g/mol. The highest BCUT2D eigenvalue weighted by molar-refractivity contribution is 5.29. The van der Waals surface area contributed by atoms with Crippen LogP contribution in [0.5, 0.6) is 5.75 Å². The zero-order chi connectivity index (χ0) is 11.3. The molecule has 84 valence electrons. The lowest BCUT2D eigenvalue weighted by molar-refractivity contribution is 0.287. The lowest BCUT2D eigenvalue weighted by Crippen LogP contribution is -2.22. The number of ether oxygens (including phenoxy) is 1. The predicted octanol–water partition coefficient (Wildman–Crippen LogP) is 1.65. The molecule has 1 rings (SSSR count). The molecule has 2 N–H and O–H groups in total. The van der Waals surface area contributed by atoms with E-state index in [-0.39, 0.29) is 0 Å². The second kappa shape index (κ2) is 5.73. The van der Waals surface area contributed by atoms with E-state index in [1.807, 2.05) is 12.1 Å². The molecule has 0 unspecified atom stereocenters. The van der Waals surface area contributed by atoms with Gasteiger partial charge in [0, 0.05) is 6.04 Å². The molecule has 0 aliphatic heterocycles. The molecule has 0 saturated heterocycles. The van der Waals surface area contributed by atoms with Crippen molar-refractivity contribution < 1.29 is 4.74 Å². The van der Waals surface area contributed by atoms with Crippen molar-refractivity contribution in [3.8, 4) is 5.75 Å². The van der Waals surface area contributed by atoms with Gasteiger partial charge in [0.1, 0.15) is 5.75 Å². The molecule has 0 aromatic heterocycles. The van der Waals surface area contributed by atoms with Crippen molar-refractivity contribution in [1.29, 1.82) is 0 Å². The van der Waals surface area contributed by atoms with Crippen LogP contribution in [0.1, 0.15) is 18.0 Å². The van der Waals surface area contributed by atoms with E-state index in [4.69, 9.17) is 10.5 Å². The van der Waals surface area contributed by atoms with E-state index in [0.29, 0.717) is 12.6 Å². The molecule has 0 aliphatic carbocycles. The summed E-state index contributed by atoms with van der Waals surface area (Å²) in [5.74, 6) is 0.893. The quantitative estimate of drug-likeness (QED) is 0.799. The van der Waals surface area contributed by atoms with Crippen LogP contribution in [0, 0.1) is 0 Å². The van der Waals surface area contributed by atoms with Gasteiger partial charge in [0.15, 0.2) is 0 Å². The number of nitrogens with two attached hydrogens (primary N) is 1. The van der Waals surface area contributed by atoms with E-state index in [1.165, 1.54) is 5.56 Å². The van der Waals surface area contributed by atoms with E-state index >= 15 is 0 Å². The van der Waals surface area contributed by atoms with Crippen LogP contribution in [-0.4, -0.2) is 32.6 Å². The molecular weight excluding hydrogens is 188 g/mol. The van der Waals surface area contributed by atoms with Crippen LogP contribution in [0.4, 0.5) is 0 Å². The zero-order valence-electron chi connectivity index (χ0n) is 9.73. The Bertz CT molecular complexity index is 282. The Balaban J connectivity index is 2.81. The highest BCUT2D eigenvalue weighted by Gasteiger charge is 2.12. The van der Waals surface area contributed by atoms with Crippen molar-refractivity contribution in [2.75, 3.05) is 27.7 Å². The fourth-order valence-electron chi connectivity index (χ4n) is 1.71. The standard InChI is InChI=1S/C12H20N2O/c1-14(2)12(8-9-13)10-4-6-11(15-3)7-5-10/h4-7,12H,8-9,13H2,1-3H3/t12-/m0/s1. The Hall–Kier alpha value is -1.06. The normalized spacial score (nSPS) is 12.9.